The van der Waals surface area contributed by atoms with Crippen LogP contribution in [0.2, 0.25) is 0 Å². The van der Waals surface area contributed by atoms with E-state index in [0.29, 0.717) is 0 Å². The Balaban J connectivity index is 1.74. The number of nitrogens with one attached hydrogen (secondary N) is 1. The summed E-state index contributed by atoms with van der Waals surface area (Å²) < 4.78 is 0. The minimum atomic E-state index is -0.0210. The highest BCUT2D eigenvalue weighted by molar-refractivity contribution is 8.01. The predicted molar refractivity (Wildman–Crippen MR) is 84.3 cm³/mol. The van der Waals surface area contributed by atoms with E-state index in [1.807, 2.05) is 31.2 Å². The molecule has 0 radical (unpaired) electrons. The second-order valence-electron chi connectivity index (χ2n) is 5.16. The quantitative estimate of drug-likeness (QED) is 0.904. The fourth-order valence-corrected chi connectivity index (χ4v) is 3.62. The van der Waals surface area contributed by atoms with Crippen molar-refractivity contribution in [2.75, 3.05) is 5.32 Å². The van der Waals surface area contributed by atoms with E-state index in [1.54, 1.807) is 11.8 Å². The van der Waals surface area contributed by atoms with E-state index in [9.17, 15) is 4.79 Å². The fourth-order valence-electron chi connectivity index (χ4n) is 2.43. The smallest absolute Gasteiger partial charge is 0.238 e. The van der Waals surface area contributed by atoms with Gasteiger partial charge < -0.3 is 5.32 Å². The minimum absolute atomic E-state index is 0.0210. The van der Waals surface area contributed by atoms with Crippen molar-refractivity contribution >= 4 is 23.4 Å². The zero-order valence-corrected chi connectivity index (χ0v) is 12.5. The highest BCUT2D eigenvalue weighted by Gasteiger charge is 2.28. The zero-order chi connectivity index (χ0) is 14.1. The molecule has 0 fully saturated rings. The molecule has 3 rings (SSSR count). The van der Waals surface area contributed by atoms with E-state index >= 15 is 0 Å². The van der Waals surface area contributed by atoms with Crippen LogP contribution >= 0.6 is 11.8 Å². The number of carbonyl (C=O) groups excluding carboxylic acids is 1. The highest BCUT2D eigenvalue weighted by Crippen LogP contribution is 2.37. The summed E-state index contributed by atoms with van der Waals surface area (Å²) in [6.45, 7) is 4.10. The van der Waals surface area contributed by atoms with Gasteiger partial charge in [-0.1, -0.05) is 30.3 Å². The third-order valence-electron chi connectivity index (χ3n) is 3.80. The van der Waals surface area contributed by atoms with Crippen LogP contribution in [0.1, 0.15) is 16.7 Å². The lowest BCUT2D eigenvalue weighted by molar-refractivity contribution is -0.115. The Bertz CT molecular complexity index is 641. The van der Waals surface area contributed by atoms with Gasteiger partial charge in [-0.3, -0.25) is 4.79 Å². The van der Waals surface area contributed by atoms with Crippen LogP contribution in [0.15, 0.2) is 47.4 Å². The lowest BCUT2D eigenvalue weighted by Crippen LogP contribution is -2.25. The van der Waals surface area contributed by atoms with Gasteiger partial charge >= 0.3 is 0 Å². The molecule has 1 N–H and O–H groups in total. The van der Waals surface area contributed by atoms with Gasteiger partial charge in [0.05, 0.1) is 5.25 Å². The molecule has 1 atom stereocenters. The van der Waals surface area contributed by atoms with E-state index in [1.165, 1.54) is 16.0 Å². The highest BCUT2D eigenvalue weighted by atomic mass is 32.2. The van der Waals surface area contributed by atoms with Gasteiger partial charge in [-0.2, -0.15) is 0 Å². The molecule has 1 amide bonds. The molecule has 20 heavy (non-hydrogen) atoms. The Morgan fingerprint density at radius 3 is 2.75 bits per heavy atom. The Morgan fingerprint density at radius 2 is 1.95 bits per heavy atom. The number of rotatable bonds is 2. The SMILES string of the molecule is Cc1cccc(NC(=O)[C@@H]2Cc3ccccc3S2)c1C. The Morgan fingerprint density at radius 1 is 1.15 bits per heavy atom. The molecular weight excluding hydrogens is 266 g/mol. The first-order chi connectivity index (χ1) is 9.65. The summed E-state index contributed by atoms with van der Waals surface area (Å²) in [6, 6.07) is 14.3. The Hall–Kier alpha value is -1.74. The number of carbonyl (C=O) groups is 1. The molecule has 3 heteroatoms. The fraction of sp³-hybridized carbons (Fsp3) is 0.235. The summed E-state index contributed by atoms with van der Waals surface area (Å²) in [6.07, 6.45) is 0.817. The van der Waals surface area contributed by atoms with Crippen molar-refractivity contribution in [2.24, 2.45) is 0 Å². The van der Waals surface area contributed by atoms with Crippen molar-refractivity contribution in [1.29, 1.82) is 0 Å². The van der Waals surface area contributed by atoms with Gasteiger partial charge in [0.1, 0.15) is 0 Å². The van der Waals surface area contributed by atoms with E-state index in [-0.39, 0.29) is 11.2 Å². The summed E-state index contributed by atoms with van der Waals surface area (Å²) in [5.74, 6) is 0.0971. The molecule has 0 bridgehead atoms. The Kier molecular flexibility index (Phi) is 3.53. The second-order valence-corrected chi connectivity index (χ2v) is 6.40. The molecule has 0 spiro atoms. The maximum absolute atomic E-state index is 12.4. The summed E-state index contributed by atoms with van der Waals surface area (Å²) in [5, 5.41) is 3.05. The van der Waals surface area contributed by atoms with Crippen LogP contribution in [0.4, 0.5) is 5.69 Å². The summed E-state index contributed by atoms with van der Waals surface area (Å²) >= 11 is 1.66. The van der Waals surface area contributed by atoms with Crippen molar-refractivity contribution in [3.63, 3.8) is 0 Å². The molecule has 0 saturated heterocycles. The summed E-state index contributed by atoms with van der Waals surface area (Å²) in [5.41, 5.74) is 4.54. The number of aryl methyl sites for hydroxylation is 1. The predicted octanol–water partition coefficient (Wildman–Crippen LogP) is 3.96. The lowest BCUT2D eigenvalue weighted by atomic mass is 10.1. The number of amides is 1. The van der Waals surface area contributed by atoms with Crippen molar-refractivity contribution in [3.8, 4) is 0 Å². The standard InChI is InChI=1S/C17H17NOS/c1-11-6-5-8-14(12(11)2)18-17(19)16-10-13-7-3-4-9-15(13)20-16/h3-9,16H,10H2,1-2H3,(H,18,19)/t16-/m0/s1. The second kappa shape index (κ2) is 5.33. The van der Waals surface area contributed by atoms with E-state index in [4.69, 9.17) is 0 Å². The maximum atomic E-state index is 12.4. The molecule has 1 aliphatic rings. The van der Waals surface area contributed by atoms with Gasteiger partial charge in [0.25, 0.3) is 0 Å². The molecule has 1 aliphatic heterocycles. The van der Waals surface area contributed by atoms with Gasteiger partial charge in [0.2, 0.25) is 5.91 Å². The first-order valence-corrected chi connectivity index (χ1v) is 7.65. The monoisotopic (exact) mass is 283 g/mol. The van der Waals surface area contributed by atoms with Crippen molar-refractivity contribution in [2.45, 2.75) is 30.4 Å². The van der Waals surface area contributed by atoms with Crippen LogP contribution in [-0.2, 0) is 11.2 Å². The third kappa shape index (κ3) is 2.46. The number of hydrogen-bond acceptors (Lipinski definition) is 2. The van der Waals surface area contributed by atoms with E-state index < -0.39 is 0 Å². The third-order valence-corrected chi connectivity index (χ3v) is 5.12. The van der Waals surface area contributed by atoms with Crippen LogP contribution in [-0.4, -0.2) is 11.2 Å². The molecule has 102 valence electrons. The molecule has 0 saturated carbocycles. The number of benzene rings is 2. The van der Waals surface area contributed by atoms with Crippen LogP contribution in [0.5, 0.6) is 0 Å². The molecule has 2 aromatic rings. The van der Waals surface area contributed by atoms with Crippen molar-refractivity contribution in [3.05, 3.63) is 59.2 Å². The number of thioether (sulfide) groups is 1. The summed E-state index contributed by atoms with van der Waals surface area (Å²) in [4.78, 5) is 13.6. The molecular formula is C17H17NOS. The largest absolute Gasteiger partial charge is 0.325 e. The first-order valence-electron chi connectivity index (χ1n) is 6.77. The molecule has 0 unspecified atom stereocenters. The van der Waals surface area contributed by atoms with Crippen LogP contribution in [0.25, 0.3) is 0 Å². The summed E-state index contributed by atoms with van der Waals surface area (Å²) in [7, 11) is 0. The number of fused-ring (bicyclic) bond motifs is 1. The molecule has 2 aromatic carbocycles. The van der Waals surface area contributed by atoms with Gasteiger partial charge in [-0.05, 0) is 49.1 Å². The van der Waals surface area contributed by atoms with Gasteiger partial charge in [0.15, 0.2) is 0 Å². The van der Waals surface area contributed by atoms with E-state index in [2.05, 4.69) is 30.4 Å². The van der Waals surface area contributed by atoms with Gasteiger partial charge in [0, 0.05) is 10.6 Å². The molecule has 0 aliphatic carbocycles. The lowest BCUT2D eigenvalue weighted by Gasteiger charge is -2.13. The van der Waals surface area contributed by atoms with Crippen LogP contribution in [0, 0.1) is 13.8 Å². The zero-order valence-electron chi connectivity index (χ0n) is 11.6. The average Bonchev–Trinajstić information content (AvgIpc) is 2.88. The minimum Gasteiger partial charge on any atom is -0.325 e. The Labute approximate surface area is 123 Å². The topological polar surface area (TPSA) is 29.1 Å². The van der Waals surface area contributed by atoms with Crippen molar-refractivity contribution in [1.82, 2.24) is 0 Å². The average molecular weight is 283 g/mol. The molecule has 0 aromatic heterocycles. The van der Waals surface area contributed by atoms with E-state index in [0.717, 1.165) is 17.7 Å². The number of hydrogen-bond donors (Lipinski definition) is 1. The normalized spacial score (nSPS) is 16.8. The van der Waals surface area contributed by atoms with Gasteiger partial charge in [-0.25, -0.2) is 0 Å². The molecule has 1 heterocycles. The molecule has 2 nitrogen and oxygen atoms in total. The van der Waals surface area contributed by atoms with Crippen molar-refractivity contribution < 1.29 is 4.79 Å². The number of anilines is 1. The maximum Gasteiger partial charge on any atom is 0.238 e. The first kappa shape index (κ1) is 13.3. The van der Waals surface area contributed by atoms with Gasteiger partial charge in [-0.15, -0.1) is 11.8 Å². The van der Waals surface area contributed by atoms with Crippen LogP contribution < -0.4 is 5.32 Å². The van der Waals surface area contributed by atoms with Crippen LogP contribution in [0.3, 0.4) is 0 Å².